The maximum absolute atomic E-state index is 13.4. The molecule has 0 aliphatic carbocycles. The molecule has 39 heavy (non-hydrogen) atoms. The number of ketones is 1. The number of carboxylic acid groups (broad SMARTS) is 1. The first-order valence-corrected chi connectivity index (χ1v) is 13.5. The first kappa shape index (κ1) is 26.7. The smallest absolute Gasteiger partial charge is 0.336 e. The standard InChI is InChI=1S/C32H26Cl2N2O3/c1-2-8-19(21-9-3-4-11-25(21)33)18-29(37)20-15-16-22(24(17-20)32(38)39)30-23(10-7-12-26(30)34)31-35-27-13-5-6-14-28(27)36-31/h3-7,9-17,19H,2,8,18H2,1H3,(H,35,36)(H,38,39). The summed E-state index contributed by atoms with van der Waals surface area (Å²) in [6.45, 7) is 2.06. The second kappa shape index (κ2) is 11.4. The summed E-state index contributed by atoms with van der Waals surface area (Å²) in [5.74, 6) is -0.773. The number of nitrogens with zero attached hydrogens (tertiary/aromatic N) is 1. The van der Waals surface area contributed by atoms with E-state index in [1.54, 1.807) is 24.3 Å². The van der Waals surface area contributed by atoms with Crippen molar-refractivity contribution in [3.8, 4) is 22.5 Å². The predicted molar refractivity (Wildman–Crippen MR) is 157 cm³/mol. The van der Waals surface area contributed by atoms with Crippen LogP contribution >= 0.6 is 23.2 Å². The van der Waals surface area contributed by atoms with Gasteiger partial charge < -0.3 is 10.1 Å². The molecule has 1 atom stereocenters. The number of fused-ring (bicyclic) bond motifs is 1. The molecule has 1 aromatic heterocycles. The summed E-state index contributed by atoms with van der Waals surface area (Å²) in [6, 6.07) is 25.3. The van der Waals surface area contributed by atoms with Crippen LogP contribution in [0.3, 0.4) is 0 Å². The van der Waals surface area contributed by atoms with E-state index in [4.69, 9.17) is 28.2 Å². The van der Waals surface area contributed by atoms with Crippen LogP contribution in [0.15, 0.2) is 84.9 Å². The molecule has 1 heterocycles. The lowest BCUT2D eigenvalue weighted by molar-refractivity contribution is 0.0697. The molecule has 0 radical (unpaired) electrons. The molecular weight excluding hydrogens is 531 g/mol. The van der Waals surface area contributed by atoms with Crippen molar-refractivity contribution in [3.05, 3.63) is 112 Å². The number of carbonyl (C=O) groups is 2. The molecule has 0 saturated carbocycles. The summed E-state index contributed by atoms with van der Waals surface area (Å²) in [5.41, 5.74) is 4.53. The maximum atomic E-state index is 13.4. The molecule has 0 saturated heterocycles. The van der Waals surface area contributed by atoms with Crippen molar-refractivity contribution in [1.82, 2.24) is 9.97 Å². The molecule has 0 amide bonds. The third-order valence-corrected chi connectivity index (χ3v) is 7.57. The Morgan fingerprint density at radius 1 is 0.897 bits per heavy atom. The van der Waals surface area contributed by atoms with Crippen LogP contribution in [-0.2, 0) is 0 Å². The minimum absolute atomic E-state index is 0.00361. The quantitative estimate of drug-likeness (QED) is 0.177. The average Bonchev–Trinajstić information content (AvgIpc) is 3.37. The molecule has 0 fully saturated rings. The lowest BCUT2D eigenvalue weighted by Gasteiger charge is -2.18. The van der Waals surface area contributed by atoms with Crippen molar-refractivity contribution in [2.24, 2.45) is 0 Å². The Bertz CT molecular complexity index is 1660. The summed E-state index contributed by atoms with van der Waals surface area (Å²) in [4.78, 5) is 33.9. The number of carboxylic acids is 1. The van der Waals surface area contributed by atoms with Crippen molar-refractivity contribution >= 4 is 46.0 Å². The number of para-hydroxylation sites is 2. The Hall–Kier alpha value is -3.93. The van der Waals surface area contributed by atoms with Gasteiger partial charge in [0.1, 0.15) is 5.82 Å². The number of carbonyl (C=O) groups excluding carboxylic acids is 1. The first-order valence-electron chi connectivity index (χ1n) is 12.8. The largest absolute Gasteiger partial charge is 0.478 e. The van der Waals surface area contributed by atoms with Crippen LogP contribution in [0.2, 0.25) is 10.0 Å². The number of aromatic nitrogens is 2. The van der Waals surface area contributed by atoms with Gasteiger partial charge in [0.05, 0.1) is 16.6 Å². The zero-order valence-electron chi connectivity index (χ0n) is 21.2. The highest BCUT2D eigenvalue weighted by molar-refractivity contribution is 6.34. The van der Waals surface area contributed by atoms with Gasteiger partial charge in [-0.1, -0.05) is 91.1 Å². The minimum Gasteiger partial charge on any atom is -0.478 e. The van der Waals surface area contributed by atoms with E-state index in [9.17, 15) is 14.7 Å². The number of benzene rings is 4. The fourth-order valence-electron chi connectivity index (χ4n) is 5.05. The van der Waals surface area contributed by atoms with Crippen LogP contribution in [0, 0.1) is 0 Å². The fraction of sp³-hybridized carbons (Fsp3) is 0.156. The second-order valence-corrected chi connectivity index (χ2v) is 10.3. The Balaban J connectivity index is 1.55. The zero-order chi connectivity index (χ0) is 27.5. The Kier molecular flexibility index (Phi) is 7.82. The Morgan fingerprint density at radius 3 is 2.38 bits per heavy atom. The van der Waals surface area contributed by atoms with E-state index in [-0.39, 0.29) is 23.7 Å². The van der Waals surface area contributed by atoms with Crippen LogP contribution in [0.4, 0.5) is 0 Å². The van der Waals surface area contributed by atoms with Crippen molar-refractivity contribution in [1.29, 1.82) is 0 Å². The van der Waals surface area contributed by atoms with Gasteiger partial charge in [0, 0.05) is 33.2 Å². The summed E-state index contributed by atoms with van der Waals surface area (Å²) in [6.07, 6.45) is 1.91. The van der Waals surface area contributed by atoms with Crippen LogP contribution in [-0.4, -0.2) is 26.8 Å². The maximum Gasteiger partial charge on any atom is 0.336 e. The molecule has 0 spiro atoms. The molecule has 4 aromatic carbocycles. The number of rotatable bonds is 9. The van der Waals surface area contributed by atoms with E-state index in [2.05, 4.69) is 11.9 Å². The van der Waals surface area contributed by atoms with E-state index < -0.39 is 5.97 Å². The lowest BCUT2D eigenvalue weighted by Crippen LogP contribution is -2.10. The molecule has 0 bridgehead atoms. The number of hydrogen-bond acceptors (Lipinski definition) is 3. The summed E-state index contributed by atoms with van der Waals surface area (Å²) in [5, 5.41) is 11.2. The van der Waals surface area contributed by atoms with Gasteiger partial charge in [-0.2, -0.15) is 0 Å². The average molecular weight is 557 g/mol. The number of nitrogens with one attached hydrogen (secondary N) is 1. The van der Waals surface area contributed by atoms with Crippen molar-refractivity contribution in [2.75, 3.05) is 0 Å². The molecular formula is C32H26Cl2N2O3. The van der Waals surface area contributed by atoms with Crippen LogP contribution in [0.25, 0.3) is 33.5 Å². The molecule has 5 rings (SSSR count). The highest BCUT2D eigenvalue weighted by atomic mass is 35.5. The minimum atomic E-state index is -1.15. The highest BCUT2D eigenvalue weighted by Gasteiger charge is 2.23. The third kappa shape index (κ3) is 5.47. The van der Waals surface area contributed by atoms with Gasteiger partial charge in [0.15, 0.2) is 5.78 Å². The summed E-state index contributed by atoms with van der Waals surface area (Å²) >= 11 is 13.1. The summed E-state index contributed by atoms with van der Waals surface area (Å²) < 4.78 is 0. The first-order chi connectivity index (χ1) is 18.9. The van der Waals surface area contributed by atoms with E-state index in [0.717, 1.165) is 29.4 Å². The van der Waals surface area contributed by atoms with Gasteiger partial charge in [0.25, 0.3) is 0 Å². The number of halogens is 2. The van der Waals surface area contributed by atoms with Crippen molar-refractivity contribution in [2.45, 2.75) is 32.1 Å². The Morgan fingerprint density at radius 2 is 1.64 bits per heavy atom. The monoisotopic (exact) mass is 556 g/mol. The van der Waals surface area contributed by atoms with Crippen molar-refractivity contribution in [3.63, 3.8) is 0 Å². The van der Waals surface area contributed by atoms with Gasteiger partial charge in [-0.3, -0.25) is 4.79 Å². The van der Waals surface area contributed by atoms with Gasteiger partial charge >= 0.3 is 5.97 Å². The molecule has 7 heteroatoms. The van der Waals surface area contributed by atoms with Crippen LogP contribution in [0.5, 0.6) is 0 Å². The van der Waals surface area contributed by atoms with E-state index in [0.29, 0.717) is 38.1 Å². The molecule has 1 unspecified atom stereocenters. The second-order valence-electron chi connectivity index (χ2n) is 9.46. The van der Waals surface area contributed by atoms with Crippen LogP contribution in [0.1, 0.15) is 58.4 Å². The fourth-order valence-corrected chi connectivity index (χ4v) is 5.62. The van der Waals surface area contributed by atoms with Gasteiger partial charge in [0.2, 0.25) is 0 Å². The predicted octanol–water partition coefficient (Wildman–Crippen LogP) is 9.06. The van der Waals surface area contributed by atoms with Gasteiger partial charge in [-0.05, 0) is 53.8 Å². The summed E-state index contributed by atoms with van der Waals surface area (Å²) in [7, 11) is 0. The molecule has 5 aromatic rings. The SMILES string of the molecule is CCCC(CC(=O)c1ccc(-c2c(Cl)cccc2-c2nc3ccccc3[nH]2)c(C(=O)O)c1)c1ccccc1Cl. The topological polar surface area (TPSA) is 83.0 Å². The Labute approximate surface area is 236 Å². The molecule has 0 aliphatic rings. The van der Waals surface area contributed by atoms with E-state index in [1.807, 2.05) is 54.6 Å². The molecule has 5 nitrogen and oxygen atoms in total. The normalized spacial score (nSPS) is 12.0. The zero-order valence-corrected chi connectivity index (χ0v) is 22.8. The number of imidazole rings is 1. The van der Waals surface area contributed by atoms with E-state index >= 15 is 0 Å². The van der Waals surface area contributed by atoms with Crippen molar-refractivity contribution < 1.29 is 14.7 Å². The van der Waals surface area contributed by atoms with Gasteiger partial charge in [-0.15, -0.1) is 0 Å². The third-order valence-electron chi connectivity index (χ3n) is 6.91. The van der Waals surface area contributed by atoms with Gasteiger partial charge in [-0.25, -0.2) is 9.78 Å². The molecule has 196 valence electrons. The lowest BCUT2D eigenvalue weighted by atomic mass is 9.87. The number of aromatic amines is 1. The molecule has 0 aliphatic heterocycles. The number of Topliss-reactive ketones (excluding diaryl/α,β-unsaturated/α-hetero) is 1. The number of hydrogen-bond donors (Lipinski definition) is 2. The number of aromatic carboxylic acids is 1. The molecule has 2 N–H and O–H groups in total. The van der Waals surface area contributed by atoms with Crippen LogP contribution < -0.4 is 0 Å². The van der Waals surface area contributed by atoms with E-state index in [1.165, 1.54) is 6.07 Å². The highest BCUT2D eigenvalue weighted by Crippen LogP contribution is 2.40. The number of H-pyrrole nitrogens is 1.